The van der Waals surface area contributed by atoms with Crippen molar-refractivity contribution in [3.8, 4) is 5.75 Å². The largest absolute Gasteiger partial charge is 0.508 e. The van der Waals surface area contributed by atoms with E-state index in [0.717, 1.165) is 48.9 Å². The number of phenols is 1. The molecule has 1 heterocycles. The first-order chi connectivity index (χ1) is 10.5. The van der Waals surface area contributed by atoms with Crippen molar-refractivity contribution in [2.24, 2.45) is 0 Å². The van der Waals surface area contributed by atoms with Crippen molar-refractivity contribution in [2.75, 3.05) is 26.7 Å². The summed E-state index contributed by atoms with van der Waals surface area (Å²) in [6, 6.07) is 5.66. The smallest absolute Gasteiger partial charge is 0.317 e. The summed E-state index contributed by atoms with van der Waals surface area (Å²) in [5.74, 6) is -0.487. The Balaban J connectivity index is 1.93. The zero-order valence-electron chi connectivity index (χ0n) is 12.8. The van der Waals surface area contributed by atoms with Crippen molar-refractivity contribution in [3.05, 3.63) is 28.2 Å². The Morgan fingerprint density at radius 2 is 2.18 bits per heavy atom. The van der Waals surface area contributed by atoms with E-state index in [4.69, 9.17) is 5.11 Å². The first-order valence-corrected chi connectivity index (χ1v) is 8.37. The fraction of sp³-hybridized carbons (Fsp3) is 0.562. The van der Waals surface area contributed by atoms with E-state index in [-0.39, 0.29) is 12.3 Å². The molecule has 1 unspecified atom stereocenters. The summed E-state index contributed by atoms with van der Waals surface area (Å²) in [6.07, 6.45) is 3.06. The molecule has 0 saturated carbocycles. The number of hydrogen-bond donors (Lipinski definition) is 2. The standard InChI is InChI=1S/C16H23BrN2O3/c1-18(11-16(21)22)13-3-2-7-19(8-6-13)10-12-9-14(20)4-5-15(12)17/h4-5,9,13,20H,2-3,6-8,10-11H2,1H3,(H,21,22). The molecule has 1 saturated heterocycles. The number of hydrogen-bond acceptors (Lipinski definition) is 4. The average Bonchev–Trinajstić information content (AvgIpc) is 2.68. The van der Waals surface area contributed by atoms with E-state index in [1.807, 2.05) is 18.0 Å². The Bertz CT molecular complexity index is 524. The molecule has 1 fully saturated rings. The summed E-state index contributed by atoms with van der Waals surface area (Å²) in [7, 11) is 1.89. The number of phenolic OH excluding ortho intramolecular Hbond substituents is 1. The van der Waals surface area contributed by atoms with Crippen LogP contribution in [-0.4, -0.2) is 58.7 Å². The van der Waals surface area contributed by atoms with Crippen LogP contribution in [0.5, 0.6) is 5.75 Å². The van der Waals surface area contributed by atoms with Crippen LogP contribution in [0, 0.1) is 0 Å². The van der Waals surface area contributed by atoms with Crippen LogP contribution in [0.4, 0.5) is 0 Å². The summed E-state index contributed by atoms with van der Waals surface area (Å²) in [4.78, 5) is 15.1. The fourth-order valence-electron chi connectivity index (χ4n) is 3.00. The van der Waals surface area contributed by atoms with E-state index in [1.54, 1.807) is 12.1 Å². The normalized spacial score (nSPS) is 20.0. The van der Waals surface area contributed by atoms with Crippen LogP contribution in [0.25, 0.3) is 0 Å². The van der Waals surface area contributed by atoms with Gasteiger partial charge in [-0.1, -0.05) is 15.9 Å². The summed E-state index contributed by atoms with van der Waals surface area (Å²) in [5.41, 5.74) is 1.08. The number of likely N-dealkylation sites (N-methyl/N-ethyl adjacent to an activating group) is 1. The molecule has 0 bridgehead atoms. The number of rotatable bonds is 5. The van der Waals surface area contributed by atoms with Crippen LogP contribution in [0.15, 0.2) is 22.7 Å². The molecule has 1 aromatic carbocycles. The first kappa shape index (κ1) is 17.2. The Kier molecular flexibility index (Phi) is 6.23. The highest BCUT2D eigenvalue weighted by Crippen LogP contribution is 2.24. The maximum absolute atomic E-state index is 10.8. The number of aromatic hydroxyl groups is 1. The lowest BCUT2D eigenvalue weighted by Gasteiger charge is -2.25. The lowest BCUT2D eigenvalue weighted by atomic mass is 10.1. The van der Waals surface area contributed by atoms with Gasteiger partial charge in [-0.2, -0.15) is 0 Å². The predicted octanol–water partition coefficient (Wildman–Crippen LogP) is 2.53. The van der Waals surface area contributed by atoms with Gasteiger partial charge in [-0.3, -0.25) is 14.6 Å². The third-order valence-corrected chi connectivity index (χ3v) is 5.00. The van der Waals surface area contributed by atoms with Crippen LogP contribution in [0.3, 0.4) is 0 Å². The number of carboxylic acid groups (broad SMARTS) is 1. The molecule has 6 heteroatoms. The van der Waals surface area contributed by atoms with Crippen LogP contribution in [-0.2, 0) is 11.3 Å². The van der Waals surface area contributed by atoms with Crippen LogP contribution in [0.1, 0.15) is 24.8 Å². The first-order valence-electron chi connectivity index (χ1n) is 7.57. The van der Waals surface area contributed by atoms with Crippen LogP contribution in [0.2, 0.25) is 0 Å². The number of carboxylic acids is 1. The topological polar surface area (TPSA) is 64.0 Å². The van der Waals surface area contributed by atoms with E-state index in [1.165, 1.54) is 0 Å². The van der Waals surface area contributed by atoms with E-state index >= 15 is 0 Å². The molecule has 5 nitrogen and oxygen atoms in total. The molecule has 0 radical (unpaired) electrons. The molecule has 1 atom stereocenters. The quantitative estimate of drug-likeness (QED) is 0.833. The van der Waals surface area contributed by atoms with Gasteiger partial charge in [0.05, 0.1) is 6.54 Å². The van der Waals surface area contributed by atoms with Gasteiger partial charge in [0, 0.05) is 17.1 Å². The lowest BCUT2D eigenvalue weighted by Crippen LogP contribution is -2.36. The third-order valence-electron chi connectivity index (χ3n) is 4.22. The highest BCUT2D eigenvalue weighted by molar-refractivity contribution is 9.10. The Hall–Kier alpha value is -1.11. The number of nitrogens with zero attached hydrogens (tertiary/aromatic N) is 2. The molecule has 22 heavy (non-hydrogen) atoms. The van der Waals surface area contributed by atoms with Gasteiger partial charge in [0.15, 0.2) is 0 Å². The van der Waals surface area contributed by atoms with Gasteiger partial charge in [0.25, 0.3) is 0 Å². The maximum atomic E-state index is 10.8. The van der Waals surface area contributed by atoms with E-state index < -0.39 is 5.97 Å². The van der Waals surface area contributed by atoms with Gasteiger partial charge in [-0.05, 0) is 63.2 Å². The zero-order valence-corrected chi connectivity index (χ0v) is 14.4. The third kappa shape index (κ3) is 4.97. The number of carbonyl (C=O) groups is 1. The molecule has 2 rings (SSSR count). The molecule has 0 amide bonds. The molecule has 2 N–H and O–H groups in total. The molecule has 1 aliphatic rings. The van der Waals surface area contributed by atoms with Gasteiger partial charge in [-0.15, -0.1) is 0 Å². The molecule has 1 aliphatic heterocycles. The number of benzene rings is 1. The van der Waals surface area contributed by atoms with Crippen molar-refractivity contribution in [3.63, 3.8) is 0 Å². The summed E-state index contributed by atoms with van der Waals surface area (Å²) in [5, 5.41) is 18.5. The molecule has 0 aliphatic carbocycles. The number of halogens is 1. The second-order valence-electron chi connectivity index (χ2n) is 5.95. The van der Waals surface area contributed by atoms with E-state index in [9.17, 15) is 9.90 Å². The van der Waals surface area contributed by atoms with Crippen molar-refractivity contribution in [1.29, 1.82) is 0 Å². The minimum atomic E-state index is -0.771. The van der Waals surface area contributed by atoms with E-state index in [2.05, 4.69) is 20.8 Å². The molecule has 0 spiro atoms. The Morgan fingerprint density at radius 3 is 2.91 bits per heavy atom. The Labute approximate surface area is 139 Å². The highest BCUT2D eigenvalue weighted by Gasteiger charge is 2.22. The second kappa shape index (κ2) is 7.94. The highest BCUT2D eigenvalue weighted by atomic mass is 79.9. The van der Waals surface area contributed by atoms with Crippen LogP contribution >= 0.6 is 15.9 Å². The van der Waals surface area contributed by atoms with Crippen molar-refractivity contribution < 1.29 is 15.0 Å². The van der Waals surface area contributed by atoms with Crippen LogP contribution < -0.4 is 0 Å². The second-order valence-corrected chi connectivity index (χ2v) is 6.80. The predicted molar refractivity (Wildman–Crippen MR) is 89.0 cm³/mol. The molecule has 1 aromatic rings. The van der Waals surface area contributed by atoms with Gasteiger partial charge in [0.1, 0.15) is 5.75 Å². The van der Waals surface area contributed by atoms with Gasteiger partial charge < -0.3 is 10.2 Å². The summed E-state index contributed by atoms with van der Waals surface area (Å²) < 4.78 is 1.01. The average molecular weight is 371 g/mol. The monoisotopic (exact) mass is 370 g/mol. The zero-order chi connectivity index (χ0) is 16.1. The minimum absolute atomic E-state index is 0.1000. The van der Waals surface area contributed by atoms with Gasteiger partial charge >= 0.3 is 5.97 Å². The SMILES string of the molecule is CN(CC(=O)O)C1CCCN(Cc2cc(O)ccc2Br)CC1. The van der Waals surface area contributed by atoms with Crippen molar-refractivity contribution in [2.45, 2.75) is 31.8 Å². The summed E-state index contributed by atoms with van der Waals surface area (Å²) >= 11 is 3.53. The van der Waals surface area contributed by atoms with Gasteiger partial charge in [-0.25, -0.2) is 0 Å². The Morgan fingerprint density at radius 1 is 1.41 bits per heavy atom. The number of aliphatic carboxylic acids is 1. The fourth-order valence-corrected chi connectivity index (χ4v) is 3.37. The molecule has 0 aromatic heterocycles. The molecular weight excluding hydrogens is 348 g/mol. The summed E-state index contributed by atoms with van der Waals surface area (Å²) in [6.45, 7) is 2.84. The molecule has 122 valence electrons. The number of likely N-dealkylation sites (tertiary alicyclic amines) is 1. The lowest BCUT2D eigenvalue weighted by molar-refractivity contribution is -0.138. The van der Waals surface area contributed by atoms with Gasteiger partial charge in [0.2, 0.25) is 0 Å². The minimum Gasteiger partial charge on any atom is -0.508 e. The molecular formula is C16H23BrN2O3. The van der Waals surface area contributed by atoms with Crippen molar-refractivity contribution >= 4 is 21.9 Å². The van der Waals surface area contributed by atoms with E-state index in [0.29, 0.717) is 6.04 Å². The van der Waals surface area contributed by atoms with Crippen molar-refractivity contribution in [1.82, 2.24) is 9.80 Å². The maximum Gasteiger partial charge on any atom is 0.317 e.